The molecule has 4 nitrogen and oxygen atoms in total. The van der Waals surface area contributed by atoms with Crippen molar-refractivity contribution < 1.29 is 14.9 Å². The molecule has 0 amide bonds. The van der Waals surface area contributed by atoms with Gasteiger partial charge in [-0.15, -0.1) is 0 Å². The summed E-state index contributed by atoms with van der Waals surface area (Å²) in [4.78, 5) is 0. The summed E-state index contributed by atoms with van der Waals surface area (Å²) in [5.41, 5.74) is 9.64. The minimum Gasteiger partial charge on any atom is -0.394 e. The van der Waals surface area contributed by atoms with Gasteiger partial charge < -0.3 is 20.7 Å². The second-order valence-electron chi connectivity index (χ2n) is 9.59. The highest BCUT2D eigenvalue weighted by molar-refractivity contribution is 5.36. The molecule has 27 heavy (non-hydrogen) atoms. The molecule has 0 radical (unpaired) electrons. The third kappa shape index (κ3) is 5.77. The van der Waals surface area contributed by atoms with Gasteiger partial charge in [0, 0.05) is 18.8 Å². The van der Waals surface area contributed by atoms with Gasteiger partial charge in [0.2, 0.25) is 0 Å². The second kappa shape index (κ2) is 8.60. The summed E-state index contributed by atoms with van der Waals surface area (Å²) in [6.07, 6.45) is 7.99. The van der Waals surface area contributed by atoms with Crippen LogP contribution < -0.4 is 5.73 Å². The Morgan fingerprint density at radius 1 is 1.26 bits per heavy atom. The Bertz CT molecular complexity index is 625. The van der Waals surface area contributed by atoms with Crippen LogP contribution in [-0.4, -0.2) is 41.2 Å². The van der Waals surface area contributed by atoms with Crippen molar-refractivity contribution in [3.8, 4) is 0 Å². The average molecular weight is 376 g/mol. The summed E-state index contributed by atoms with van der Waals surface area (Å²) >= 11 is 0. The van der Waals surface area contributed by atoms with Crippen molar-refractivity contribution in [2.24, 2.45) is 11.7 Å². The predicted molar refractivity (Wildman–Crippen MR) is 109 cm³/mol. The van der Waals surface area contributed by atoms with Crippen LogP contribution in [0.5, 0.6) is 0 Å². The molecule has 0 spiro atoms. The van der Waals surface area contributed by atoms with Gasteiger partial charge in [0.1, 0.15) is 0 Å². The van der Waals surface area contributed by atoms with E-state index in [9.17, 15) is 10.2 Å². The van der Waals surface area contributed by atoms with E-state index < -0.39 is 5.60 Å². The van der Waals surface area contributed by atoms with Crippen LogP contribution >= 0.6 is 0 Å². The molecular weight excluding hydrogens is 338 g/mol. The lowest BCUT2D eigenvalue weighted by molar-refractivity contribution is 0.0444. The van der Waals surface area contributed by atoms with Gasteiger partial charge in [-0.1, -0.05) is 18.2 Å². The minimum absolute atomic E-state index is 0.0892. The Balaban J connectivity index is 1.48. The summed E-state index contributed by atoms with van der Waals surface area (Å²) in [6, 6.07) is 6.98. The smallest absolute Gasteiger partial charge is 0.0611 e. The van der Waals surface area contributed by atoms with E-state index in [2.05, 4.69) is 18.2 Å². The first-order valence-electron chi connectivity index (χ1n) is 10.6. The predicted octanol–water partition coefficient (Wildman–Crippen LogP) is 3.32. The molecule has 2 aliphatic carbocycles. The number of fused-ring (bicyclic) bond motifs is 1. The van der Waals surface area contributed by atoms with E-state index in [0.29, 0.717) is 11.8 Å². The number of aryl methyl sites for hydroxylation is 1. The monoisotopic (exact) mass is 375 g/mol. The van der Waals surface area contributed by atoms with Gasteiger partial charge in [-0.25, -0.2) is 0 Å². The Labute approximate surface area is 164 Å². The Morgan fingerprint density at radius 3 is 2.78 bits per heavy atom. The lowest BCUT2D eigenvalue weighted by atomic mass is 9.82. The van der Waals surface area contributed by atoms with Crippen molar-refractivity contribution in [1.82, 2.24) is 0 Å². The fourth-order valence-electron chi connectivity index (χ4n) is 4.69. The number of benzene rings is 1. The molecule has 4 N–H and O–H groups in total. The van der Waals surface area contributed by atoms with Gasteiger partial charge in [-0.3, -0.25) is 0 Å². The molecule has 0 aliphatic heterocycles. The molecule has 4 heteroatoms. The summed E-state index contributed by atoms with van der Waals surface area (Å²) in [6.45, 7) is 5.35. The zero-order valence-electron chi connectivity index (χ0n) is 17.0. The molecule has 0 bridgehead atoms. The van der Waals surface area contributed by atoms with Crippen molar-refractivity contribution in [2.45, 2.75) is 82.3 Å². The molecule has 1 aromatic rings. The van der Waals surface area contributed by atoms with E-state index in [1.54, 1.807) is 0 Å². The van der Waals surface area contributed by atoms with Crippen LogP contribution in [0.2, 0.25) is 0 Å². The molecule has 1 aromatic carbocycles. The van der Waals surface area contributed by atoms with E-state index in [0.717, 1.165) is 58.2 Å². The maximum absolute atomic E-state index is 9.74. The van der Waals surface area contributed by atoms with Crippen molar-refractivity contribution in [1.29, 1.82) is 0 Å². The SMILES string of the molecule is CC(C)(O)CCCOC[C@@H]1CCc2cc([C@H]3CC[C@](N)(CO)C3)ccc2C1. The average Bonchev–Trinajstić information content (AvgIpc) is 3.03. The first kappa shape index (κ1) is 20.8. The van der Waals surface area contributed by atoms with E-state index >= 15 is 0 Å². The van der Waals surface area contributed by atoms with Crippen LogP contribution in [0, 0.1) is 5.92 Å². The molecule has 3 rings (SSSR count). The molecule has 0 saturated heterocycles. The molecule has 1 fully saturated rings. The lowest BCUT2D eigenvalue weighted by Gasteiger charge is -2.26. The molecule has 152 valence electrons. The zero-order chi connectivity index (χ0) is 19.5. The number of aliphatic hydroxyl groups excluding tert-OH is 1. The van der Waals surface area contributed by atoms with Gasteiger partial charge in [0.15, 0.2) is 0 Å². The van der Waals surface area contributed by atoms with Crippen LogP contribution in [-0.2, 0) is 17.6 Å². The summed E-state index contributed by atoms with van der Waals surface area (Å²) in [7, 11) is 0. The number of aliphatic hydroxyl groups is 2. The maximum atomic E-state index is 9.74. The second-order valence-corrected chi connectivity index (χ2v) is 9.59. The zero-order valence-corrected chi connectivity index (χ0v) is 17.0. The molecule has 0 aromatic heterocycles. The minimum atomic E-state index is -0.592. The number of rotatable bonds is 8. The summed E-state index contributed by atoms with van der Waals surface area (Å²) < 4.78 is 5.88. The van der Waals surface area contributed by atoms with Crippen molar-refractivity contribution in [3.63, 3.8) is 0 Å². The first-order valence-corrected chi connectivity index (χ1v) is 10.6. The van der Waals surface area contributed by atoms with Gasteiger partial charge in [0.25, 0.3) is 0 Å². The molecule has 0 unspecified atom stereocenters. The maximum Gasteiger partial charge on any atom is 0.0611 e. The molecular formula is C23H37NO3. The topological polar surface area (TPSA) is 75.7 Å². The van der Waals surface area contributed by atoms with E-state index in [4.69, 9.17) is 10.5 Å². The highest BCUT2D eigenvalue weighted by Crippen LogP contribution is 2.40. The number of hydrogen-bond acceptors (Lipinski definition) is 4. The highest BCUT2D eigenvalue weighted by Gasteiger charge is 2.36. The standard InChI is InChI=1S/C23H37NO3/c1-22(2,26)9-3-11-27-15-17-4-5-19-13-20(7-6-18(19)12-17)21-8-10-23(24,14-21)16-25/h6-7,13,17,21,25-26H,3-5,8-12,14-16,24H2,1-2H3/t17-,21+,23-/m1/s1. The Kier molecular flexibility index (Phi) is 6.62. The molecule has 2 aliphatic rings. The number of nitrogens with two attached hydrogens (primary N) is 1. The van der Waals surface area contributed by atoms with Crippen LogP contribution in [0.1, 0.15) is 75.0 Å². The number of ether oxygens (including phenoxy) is 1. The highest BCUT2D eigenvalue weighted by atomic mass is 16.5. The number of hydrogen-bond donors (Lipinski definition) is 3. The van der Waals surface area contributed by atoms with Crippen molar-refractivity contribution in [2.75, 3.05) is 19.8 Å². The van der Waals surface area contributed by atoms with Gasteiger partial charge >= 0.3 is 0 Å². The van der Waals surface area contributed by atoms with Crippen LogP contribution in [0.3, 0.4) is 0 Å². The third-order valence-electron chi connectivity index (χ3n) is 6.42. The van der Waals surface area contributed by atoms with Gasteiger partial charge in [0.05, 0.1) is 12.2 Å². The summed E-state index contributed by atoms with van der Waals surface area (Å²) in [5, 5.41) is 19.2. The third-order valence-corrected chi connectivity index (χ3v) is 6.42. The van der Waals surface area contributed by atoms with Crippen LogP contribution in [0.25, 0.3) is 0 Å². The molecule has 0 heterocycles. The lowest BCUT2D eigenvalue weighted by Crippen LogP contribution is -2.40. The van der Waals surface area contributed by atoms with Crippen LogP contribution in [0.15, 0.2) is 18.2 Å². The van der Waals surface area contributed by atoms with Crippen molar-refractivity contribution in [3.05, 3.63) is 34.9 Å². The van der Waals surface area contributed by atoms with Crippen LogP contribution in [0.4, 0.5) is 0 Å². The first-order chi connectivity index (χ1) is 12.8. The quantitative estimate of drug-likeness (QED) is 0.609. The summed E-state index contributed by atoms with van der Waals surface area (Å²) in [5.74, 6) is 1.09. The van der Waals surface area contributed by atoms with Gasteiger partial charge in [-0.05, 0) is 93.7 Å². The largest absolute Gasteiger partial charge is 0.394 e. The fraction of sp³-hybridized carbons (Fsp3) is 0.739. The van der Waals surface area contributed by atoms with E-state index in [-0.39, 0.29) is 12.1 Å². The fourth-order valence-corrected chi connectivity index (χ4v) is 4.69. The normalized spacial score (nSPS) is 28.3. The van der Waals surface area contributed by atoms with E-state index in [1.165, 1.54) is 23.1 Å². The van der Waals surface area contributed by atoms with Gasteiger partial charge in [-0.2, -0.15) is 0 Å². The molecule has 3 atom stereocenters. The molecule has 1 saturated carbocycles. The Hall–Kier alpha value is -0.940. The van der Waals surface area contributed by atoms with Crippen molar-refractivity contribution >= 4 is 0 Å². The Morgan fingerprint density at radius 2 is 2.07 bits per heavy atom. The van der Waals surface area contributed by atoms with E-state index in [1.807, 2.05) is 13.8 Å².